The summed E-state index contributed by atoms with van der Waals surface area (Å²) in [5, 5.41) is 0. The Morgan fingerprint density at radius 1 is 1.18 bits per heavy atom. The number of carbonyl (C=O) groups excluding carboxylic acids is 1. The number of amides is 1. The van der Waals surface area contributed by atoms with Crippen LogP contribution in [0.1, 0.15) is 48.4 Å². The van der Waals surface area contributed by atoms with E-state index in [9.17, 15) is 9.18 Å². The van der Waals surface area contributed by atoms with Gasteiger partial charge in [0.15, 0.2) is 5.76 Å². The van der Waals surface area contributed by atoms with Gasteiger partial charge < -0.3 is 23.4 Å². The van der Waals surface area contributed by atoms with E-state index in [0.29, 0.717) is 43.7 Å². The molecule has 7 nitrogen and oxygen atoms in total. The summed E-state index contributed by atoms with van der Waals surface area (Å²) in [6.45, 7) is 3.22. The number of hydrogen-bond donors (Lipinski definition) is 0. The molecule has 1 aromatic carbocycles. The molecular formula is C26H30FN3O4. The largest absolute Gasteiger partial charge is 0.494 e. The lowest BCUT2D eigenvalue weighted by Gasteiger charge is -2.46. The van der Waals surface area contributed by atoms with Gasteiger partial charge in [-0.15, -0.1) is 0 Å². The third-order valence-electron chi connectivity index (χ3n) is 6.94. The molecule has 8 heteroatoms. The molecule has 0 N–H and O–H groups in total. The van der Waals surface area contributed by atoms with Crippen molar-refractivity contribution in [3.05, 3.63) is 72.5 Å². The van der Waals surface area contributed by atoms with E-state index in [-0.39, 0.29) is 17.3 Å². The number of carbonyl (C=O) groups is 1. The fourth-order valence-electron chi connectivity index (χ4n) is 5.01. The molecule has 2 fully saturated rings. The Morgan fingerprint density at radius 3 is 2.76 bits per heavy atom. The van der Waals surface area contributed by atoms with E-state index in [2.05, 4.69) is 4.98 Å². The molecular weight excluding hydrogens is 437 g/mol. The average molecular weight is 468 g/mol. The molecule has 1 unspecified atom stereocenters. The fourth-order valence-corrected chi connectivity index (χ4v) is 5.01. The summed E-state index contributed by atoms with van der Waals surface area (Å²) in [5.74, 6) is 2.01. The third kappa shape index (κ3) is 5.33. The van der Waals surface area contributed by atoms with Gasteiger partial charge in [-0.05, 0) is 74.4 Å². The van der Waals surface area contributed by atoms with E-state index in [4.69, 9.17) is 13.9 Å². The SMILES string of the molecule is O=C(c1ccc(Cn2ccnc2)o1)N1CCC2(CC1)CC(CCOc1ccc(F)cc1)CCO2. The molecule has 0 saturated carbocycles. The van der Waals surface area contributed by atoms with E-state index >= 15 is 0 Å². The minimum Gasteiger partial charge on any atom is -0.494 e. The Balaban J connectivity index is 1.10. The molecule has 0 bridgehead atoms. The van der Waals surface area contributed by atoms with Crippen LogP contribution in [0.4, 0.5) is 4.39 Å². The predicted octanol–water partition coefficient (Wildman–Crippen LogP) is 4.53. The highest BCUT2D eigenvalue weighted by molar-refractivity contribution is 5.91. The Morgan fingerprint density at radius 2 is 2.00 bits per heavy atom. The molecule has 0 aliphatic carbocycles. The van der Waals surface area contributed by atoms with Crippen molar-refractivity contribution in [3.63, 3.8) is 0 Å². The minimum absolute atomic E-state index is 0.0632. The zero-order valence-electron chi connectivity index (χ0n) is 19.2. The number of likely N-dealkylation sites (tertiary alicyclic amines) is 1. The molecule has 5 rings (SSSR count). The number of imidazole rings is 1. The number of halogens is 1. The summed E-state index contributed by atoms with van der Waals surface area (Å²) in [6.07, 6.45) is 9.90. The Hall–Kier alpha value is -3.13. The molecule has 2 saturated heterocycles. The summed E-state index contributed by atoms with van der Waals surface area (Å²) in [7, 11) is 0. The van der Waals surface area contributed by atoms with Gasteiger partial charge in [-0.1, -0.05) is 0 Å². The van der Waals surface area contributed by atoms with Gasteiger partial charge in [0.25, 0.3) is 5.91 Å². The van der Waals surface area contributed by atoms with Gasteiger partial charge >= 0.3 is 0 Å². The van der Waals surface area contributed by atoms with Crippen LogP contribution in [0.3, 0.4) is 0 Å². The maximum Gasteiger partial charge on any atom is 0.289 e. The van der Waals surface area contributed by atoms with E-state index in [1.54, 1.807) is 30.7 Å². The summed E-state index contributed by atoms with van der Waals surface area (Å²) >= 11 is 0. The van der Waals surface area contributed by atoms with Gasteiger partial charge in [-0.2, -0.15) is 0 Å². The van der Waals surface area contributed by atoms with E-state index < -0.39 is 0 Å². The number of piperidine rings is 1. The molecule has 2 aliphatic heterocycles. The summed E-state index contributed by atoms with van der Waals surface area (Å²) in [5.41, 5.74) is -0.161. The predicted molar refractivity (Wildman–Crippen MR) is 123 cm³/mol. The molecule has 2 aliphatic rings. The third-order valence-corrected chi connectivity index (χ3v) is 6.94. The topological polar surface area (TPSA) is 69.7 Å². The number of benzene rings is 1. The molecule has 1 amide bonds. The molecule has 2 aromatic heterocycles. The van der Waals surface area contributed by atoms with Crippen LogP contribution in [0.15, 0.2) is 59.5 Å². The van der Waals surface area contributed by atoms with Gasteiger partial charge in [-0.25, -0.2) is 9.37 Å². The first-order chi connectivity index (χ1) is 16.6. The minimum atomic E-state index is -0.259. The molecule has 34 heavy (non-hydrogen) atoms. The number of nitrogens with zero attached hydrogens (tertiary/aromatic N) is 3. The fraction of sp³-hybridized carbons (Fsp3) is 0.462. The lowest BCUT2D eigenvalue weighted by Crippen LogP contribution is -2.50. The first-order valence-corrected chi connectivity index (χ1v) is 11.9. The molecule has 4 heterocycles. The average Bonchev–Trinajstić information content (AvgIpc) is 3.53. The summed E-state index contributed by atoms with van der Waals surface area (Å²) in [4.78, 5) is 18.9. The second-order valence-electron chi connectivity index (χ2n) is 9.27. The number of aromatic nitrogens is 2. The van der Waals surface area contributed by atoms with Crippen LogP contribution in [-0.2, 0) is 11.3 Å². The smallest absolute Gasteiger partial charge is 0.289 e. The zero-order valence-corrected chi connectivity index (χ0v) is 19.2. The van der Waals surface area contributed by atoms with Crippen molar-refractivity contribution >= 4 is 5.91 Å². The summed E-state index contributed by atoms with van der Waals surface area (Å²) < 4.78 is 32.8. The van der Waals surface area contributed by atoms with Crippen LogP contribution in [0.25, 0.3) is 0 Å². The van der Waals surface area contributed by atoms with Crippen molar-refractivity contribution in [2.45, 2.75) is 44.2 Å². The van der Waals surface area contributed by atoms with Crippen LogP contribution in [-0.4, -0.2) is 52.3 Å². The zero-order chi connectivity index (χ0) is 23.4. The van der Waals surface area contributed by atoms with Crippen LogP contribution in [0.5, 0.6) is 5.75 Å². The van der Waals surface area contributed by atoms with Crippen molar-refractivity contribution in [1.82, 2.24) is 14.5 Å². The second-order valence-corrected chi connectivity index (χ2v) is 9.27. The highest BCUT2D eigenvalue weighted by Gasteiger charge is 2.41. The Bertz CT molecular complexity index is 1070. The second kappa shape index (κ2) is 10.0. The number of hydrogen-bond acceptors (Lipinski definition) is 5. The van der Waals surface area contributed by atoms with E-state index in [1.165, 1.54) is 12.1 Å². The van der Waals surface area contributed by atoms with Crippen molar-refractivity contribution < 1.29 is 23.1 Å². The first kappa shape index (κ1) is 22.7. The number of furan rings is 1. The van der Waals surface area contributed by atoms with Crippen LogP contribution in [0.2, 0.25) is 0 Å². The van der Waals surface area contributed by atoms with Crippen LogP contribution in [0, 0.1) is 11.7 Å². The molecule has 1 spiro atoms. The monoisotopic (exact) mass is 467 g/mol. The van der Waals surface area contributed by atoms with E-state index in [0.717, 1.165) is 44.5 Å². The Labute approximate surface area is 198 Å². The van der Waals surface area contributed by atoms with Crippen molar-refractivity contribution in [2.75, 3.05) is 26.3 Å². The van der Waals surface area contributed by atoms with Gasteiger partial charge in [0.1, 0.15) is 17.3 Å². The quantitative estimate of drug-likeness (QED) is 0.511. The van der Waals surface area contributed by atoms with Crippen molar-refractivity contribution in [2.24, 2.45) is 5.92 Å². The van der Waals surface area contributed by atoms with Crippen molar-refractivity contribution in [3.8, 4) is 5.75 Å². The van der Waals surface area contributed by atoms with Crippen molar-refractivity contribution in [1.29, 1.82) is 0 Å². The lowest BCUT2D eigenvalue weighted by molar-refractivity contribution is -0.125. The maximum absolute atomic E-state index is 13.0. The first-order valence-electron chi connectivity index (χ1n) is 11.9. The normalized spacial score (nSPS) is 19.9. The van der Waals surface area contributed by atoms with Crippen LogP contribution < -0.4 is 4.74 Å². The number of ether oxygens (including phenoxy) is 2. The van der Waals surface area contributed by atoms with E-state index in [1.807, 2.05) is 21.7 Å². The van der Waals surface area contributed by atoms with Gasteiger partial charge in [0.05, 0.1) is 25.1 Å². The highest BCUT2D eigenvalue weighted by atomic mass is 19.1. The molecule has 0 radical (unpaired) electrons. The van der Waals surface area contributed by atoms with Gasteiger partial charge in [-0.3, -0.25) is 4.79 Å². The van der Waals surface area contributed by atoms with Gasteiger partial charge in [0.2, 0.25) is 0 Å². The highest BCUT2D eigenvalue weighted by Crippen LogP contribution is 2.39. The number of rotatable bonds is 7. The standard InChI is InChI=1S/C26H30FN3O4/c27-21-1-3-22(4-2-21)32-15-7-20-8-16-33-26(17-20)9-12-30(13-10-26)25(31)24-6-5-23(34-24)18-29-14-11-28-19-29/h1-6,11,14,19-20H,7-10,12-13,15-18H2. The summed E-state index contributed by atoms with van der Waals surface area (Å²) in [6, 6.07) is 9.75. The molecule has 1 atom stereocenters. The molecule has 180 valence electrons. The Kier molecular flexibility index (Phi) is 6.67. The lowest BCUT2D eigenvalue weighted by atomic mass is 9.78. The molecule has 3 aromatic rings. The van der Waals surface area contributed by atoms with Gasteiger partial charge in [0, 0.05) is 32.1 Å². The maximum atomic E-state index is 13.0. The van der Waals surface area contributed by atoms with Crippen LogP contribution >= 0.6 is 0 Å².